The molecule has 0 amide bonds. The minimum Gasteiger partial charge on any atom is -0.468 e. The largest absolute Gasteiger partial charge is 0.468 e. The second-order valence-electron chi connectivity index (χ2n) is 3.78. The van der Waals surface area contributed by atoms with Crippen molar-refractivity contribution in [3.8, 4) is 5.75 Å². The van der Waals surface area contributed by atoms with Crippen LogP contribution in [0.1, 0.15) is 5.56 Å². The molecule has 1 unspecified atom stereocenters. The predicted molar refractivity (Wildman–Crippen MR) is 74.2 cm³/mol. The van der Waals surface area contributed by atoms with Crippen LogP contribution in [-0.2, 0) is 15.3 Å². The maximum absolute atomic E-state index is 12.3. The monoisotopic (exact) mass is 325 g/mol. The van der Waals surface area contributed by atoms with Gasteiger partial charge in [-0.15, -0.1) is 0 Å². The smallest absolute Gasteiger partial charge is 0.387 e. The summed E-state index contributed by atoms with van der Waals surface area (Å²) in [5.74, 6) is 0.178. The summed E-state index contributed by atoms with van der Waals surface area (Å²) in [6.45, 7) is -2.91. The van der Waals surface area contributed by atoms with Crippen LogP contribution >= 0.6 is 23.4 Å². The van der Waals surface area contributed by atoms with Crippen LogP contribution in [0.2, 0.25) is 5.02 Å². The van der Waals surface area contributed by atoms with Crippen molar-refractivity contribution in [2.75, 3.05) is 12.9 Å². The molecule has 1 atom stereocenters. The SMILES string of the molecule is COC(=O)C(N)CSCc1cc(Cl)ccc1OC(F)F. The van der Waals surface area contributed by atoms with Crippen molar-refractivity contribution in [2.45, 2.75) is 18.4 Å². The zero-order valence-electron chi connectivity index (χ0n) is 10.6. The lowest BCUT2D eigenvalue weighted by Gasteiger charge is -2.12. The summed E-state index contributed by atoms with van der Waals surface area (Å²) in [6, 6.07) is 3.62. The molecule has 0 aliphatic rings. The highest BCUT2D eigenvalue weighted by Gasteiger charge is 2.15. The molecule has 0 spiro atoms. The fourth-order valence-electron chi connectivity index (χ4n) is 1.39. The maximum atomic E-state index is 12.3. The Morgan fingerprint density at radius 2 is 2.20 bits per heavy atom. The van der Waals surface area contributed by atoms with E-state index in [1.807, 2.05) is 0 Å². The van der Waals surface area contributed by atoms with E-state index in [1.54, 1.807) is 0 Å². The van der Waals surface area contributed by atoms with Crippen molar-refractivity contribution < 1.29 is 23.0 Å². The quantitative estimate of drug-likeness (QED) is 0.781. The van der Waals surface area contributed by atoms with E-state index in [1.165, 1.54) is 37.1 Å². The molecule has 0 bridgehead atoms. The lowest BCUT2D eigenvalue weighted by Crippen LogP contribution is -2.33. The standard InChI is InChI=1S/C12H14ClF2NO3S/c1-18-11(17)9(16)6-20-5-7-4-8(13)2-3-10(7)19-12(14)15/h2-4,9,12H,5-6,16H2,1H3. The molecule has 1 rings (SSSR count). The molecular weight excluding hydrogens is 312 g/mol. The number of carbonyl (C=O) groups excluding carboxylic acids is 1. The first-order chi connectivity index (χ1) is 9.43. The van der Waals surface area contributed by atoms with E-state index >= 15 is 0 Å². The summed E-state index contributed by atoms with van der Waals surface area (Å²) < 4.78 is 33.4. The van der Waals surface area contributed by atoms with Gasteiger partial charge in [0, 0.05) is 22.1 Å². The van der Waals surface area contributed by atoms with E-state index < -0.39 is 18.6 Å². The van der Waals surface area contributed by atoms with Crippen LogP contribution in [0.25, 0.3) is 0 Å². The second kappa shape index (κ2) is 8.28. The molecule has 0 aliphatic carbocycles. The topological polar surface area (TPSA) is 61.5 Å². The highest BCUT2D eigenvalue weighted by molar-refractivity contribution is 7.98. The van der Waals surface area contributed by atoms with E-state index in [0.29, 0.717) is 22.1 Å². The summed E-state index contributed by atoms with van der Waals surface area (Å²) in [7, 11) is 1.25. The van der Waals surface area contributed by atoms with Gasteiger partial charge < -0.3 is 15.2 Å². The first-order valence-corrected chi connectivity index (χ1v) is 7.11. The van der Waals surface area contributed by atoms with E-state index in [9.17, 15) is 13.6 Å². The molecule has 112 valence electrons. The summed E-state index contributed by atoms with van der Waals surface area (Å²) in [5.41, 5.74) is 6.08. The van der Waals surface area contributed by atoms with Crippen LogP contribution in [0.5, 0.6) is 5.75 Å². The number of rotatable bonds is 7. The predicted octanol–water partition coefficient (Wildman–Crippen LogP) is 2.67. The van der Waals surface area contributed by atoms with Gasteiger partial charge >= 0.3 is 12.6 Å². The first-order valence-electron chi connectivity index (χ1n) is 5.58. The van der Waals surface area contributed by atoms with Crippen LogP contribution < -0.4 is 10.5 Å². The third-order valence-electron chi connectivity index (χ3n) is 2.30. The van der Waals surface area contributed by atoms with Gasteiger partial charge in [-0.1, -0.05) is 11.6 Å². The van der Waals surface area contributed by atoms with Gasteiger partial charge in [0.15, 0.2) is 0 Å². The van der Waals surface area contributed by atoms with Gasteiger partial charge in [0.25, 0.3) is 0 Å². The molecule has 0 aromatic heterocycles. The lowest BCUT2D eigenvalue weighted by molar-refractivity contribution is -0.141. The number of ether oxygens (including phenoxy) is 2. The first kappa shape index (κ1) is 17.0. The Morgan fingerprint density at radius 3 is 2.80 bits per heavy atom. The van der Waals surface area contributed by atoms with Crippen LogP contribution in [0.15, 0.2) is 18.2 Å². The van der Waals surface area contributed by atoms with Crippen molar-refractivity contribution in [3.05, 3.63) is 28.8 Å². The van der Waals surface area contributed by atoms with Gasteiger partial charge in [-0.25, -0.2) is 0 Å². The molecule has 0 aliphatic heterocycles. The van der Waals surface area contributed by atoms with Gasteiger partial charge in [-0.3, -0.25) is 4.79 Å². The number of nitrogens with two attached hydrogens (primary N) is 1. The molecule has 1 aromatic carbocycles. The fourth-order valence-corrected chi connectivity index (χ4v) is 2.54. The number of benzene rings is 1. The average molecular weight is 326 g/mol. The molecule has 4 nitrogen and oxygen atoms in total. The number of esters is 1. The number of thioether (sulfide) groups is 1. The Kier molecular flexibility index (Phi) is 7.04. The Hall–Kier alpha value is -1.05. The Labute approximate surface area is 124 Å². The molecule has 0 heterocycles. The number of alkyl halides is 2. The minimum atomic E-state index is -2.91. The Balaban J connectivity index is 2.62. The van der Waals surface area contributed by atoms with Crippen LogP contribution in [0, 0.1) is 0 Å². The van der Waals surface area contributed by atoms with Crippen molar-refractivity contribution in [1.82, 2.24) is 0 Å². The van der Waals surface area contributed by atoms with Crippen LogP contribution in [-0.4, -0.2) is 31.5 Å². The normalized spacial score (nSPS) is 12.3. The molecule has 1 aromatic rings. The van der Waals surface area contributed by atoms with Crippen molar-refractivity contribution >= 4 is 29.3 Å². The highest BCUT2D eigenvalue weighted by atomic mass is 35.5. The second-order valence-corrected chi connectivity index (χ2v) is 5.24. The Bertz CT molecular complexity index is 462. The van der Waals surface area contributed by atoms with Gasteiger partial charge in [-0.2, -0.15) is 20.5 Å². The third-order valence-corrected chi connectivity index (χ3v) is 3.64. The zero-order chi connectivity index (χ0) is 15.1. The van der Waals surface area contributed by atoms with E-state index in [4.69, 9.17) is 17.3 Å². The summed E-state index contributed by atoms with van der Waals surface area (Å²) in [5, 5.41) is 0.416. The summed E-state index contributed by atoms with van der Waals surface area (Å²) in [6.07, 6.45) is 0. The summed E-state index contributed by atoms with van der Waals surface area (Å²) in [4.78, 5) is 11.1. The number of carbonyl (C=O) groups is 1. The molecule has 0 radical (unpaired) electrons. The number of halogens is 3. The molecule has 0 saturated carbocycles. The molecule has 8 heteroatoms. The van der Waals surface area contributed by atoms with E-state index in [0.717, 1.165) is 0 Å². The Morgan fingerprint density at radius 1 is 1.50 bits per heavy atom. The minimum absolute atomic E-state index is 0.0588. The molecule has 0 fully saturated rings. The van der Waals surface area contributed by atoms with Gasteiger partial charge in [-0.05, 0) is 18.2 Å². The van der Waals surface area contributed by atoms with Gasteiger partial charge in [0.2, 0.25) is 0 Å². The number of hydrogen-bond donors (Lipinski definition) is 1. The van der Waals surface area contributed by atoms with Crippen LogP contribution in [0.3, 0.4) is 0 Å². The third kappa shape index (κ3) is 5.52. The fraction of sp³-hybridized carbons (Fsp3) is 0.417. The van der Waals surface area contributed by atoms with E-state index in [2.05, 4.69) is 9.47 Å². The molecule has 2 N–H and O–H groups in total. The van der Waals surface area contributed by atoms with Crippen molar-refractivity contribution in [1.29, 1.82) is 0 Å². The van der Waals surface area contributed by atoms with E-state index in [-0.39, 0.29) is 5.75 Å². The maximum Gasteiger partial charge on any atom is 0.387 e. The average Bonchev–Trinajstić information content (AvgIpc) is 2.40. The lowest BCUT2D eigenvalue weighted by atomic mass is 10.2. The van der Waals surface area contributed by atoms with Crippen LogP contribution in [0.4, 0.5) is 8.78 Å². The zero-order valence-corrected chi connectivity index (χ0v) is 12.2. The summed E-state index contributed by atoms with van der Waals surface area (Å²) >= 11 is 7.12. The van der Waals surface area contributed by atoms with Crippen molar-refractivity contribution in [3.63, 3.8) is 0 Å². The number of methoxy groups -OCH3 is 1. The molecule has 20 heavy (non-hydrogen) atoms. The number of hydrogen-bond acceptors (Lipinski definition) is 5. The van der Waals surface area contributed by atoms with Gasteiger partial charge in [0.1, 0.15) is 11.8 Å². The van der Waals surface area contributed by atoms with Crippen molar-refractivity contribution in [2.24, 2.45) is 5.73 Å². The molecular formula is C12H14ClF2NO3S. The molecule has 0 saturated heterocycles. The van der Waals surface area contributed by atoms with Gasteiger partial charge in [0.05, 0.1) is 7.11 Å². The highest BCUT2D eigenvalue weighted by Crippen LogP contribution is 2.28.